The molecule has 1 aliphatic heterocycles. The lowest BCUT2D eigenvalue weighted by Crippen LogP contribution is -2.49. The van der Waals surface area contributed by atoms with Crippen LogP contribution in [0.25, 0.3) is 0 Å². The Morgan fingerprint density at radius 2 is 1.79 bits per heavy atom. The molecular weight excluding hydrogens is 360 g/mol. The molecule has 2 amide bonds. The smallest absolute Gasteiger partial charge is 0.303 e. The van der Waals surface area contributed by atoms with Crippen LogP contribution in [0.3, 0.4) is 0 Å². The minimum Gasteiger partial charge on any atom is -0.484 e. The first-order chi connectivity index (χ1) is 13.3. The quantitative estimate of drug-likeness (QED) is 0.711. The van der Waals surface area contributed by atoms with Gasteiger partial charge in [-0.05, 0) is 63.3 Å². The largest absolute Gasteiger partial charge is 0.484 e. The zero-order valence-electron chi connectivity index (χ0n) is 16.8. The van der Waals surface area contributed by atoms with E-state index in [9.17, 15) is 14.4 Å². The molecule has 154 valence electrons. The normalized spacial score (nSPS) is 20.3. The van der Waals surface area contributed by atoms with Crippen LogP contribution in [0.4, 0.5) is 0 Å². The monoisotopic (exact) mass is 390 g/mol. The molecule has 3 unspecified atom stereocenters. The third-order valence-corrected chi connectivity index (χ3v) is 5.09. The van der Waals surface area contributed by atoms with Crippen LogP contribution in [0, 0.1) is 5.92 Å². The molecule has 7 nitrogen and oxygen atoms in total. The number of benzene rings is 1. The number of carbonyl (C=O) groups is 3. The van der Waals surface area contributed by atoms with Crippen molar-refractivity contribution in [3.63, 3.8) is 0 Å². The number of likely N-dealkylation sites (tertiary alicyclic amines) is 1. The van der Waals surface area contributed by atoms with Crippen molar-refractivity contribution in [3.8, 4) is 5.75 Å². The predicted octanol–water partition coefficient (Wildman–Crippen LogP) is 2.70. The fourth-order valence-electron chi connectivity index (χ4n) is 3.57. The van der Waals surface area contributed by atoms with Gasteiger partial charge in [0.1, 0.15) is 5.75 Å². The van der Waals surface area contributed by atoms with Gasteiger partial charge >= 0.3 is 5.97 Å². The van der Waals surface area contributed by atoms with Crippen molar-refractivity contribution >= 4 is 17.8 Å². The predicted molar refractivity (Wildman–Crippen MR) is 105 cm³/mol. The molecule has 2 N–H and O–H groups in total. The van der Waals surface area contributed by atoms with Crippen LogP contribution in [0.5, 0.6) is 5.75 Å². The summed E-state index contributed by atoms with van der Waals surface area (Å²) in [5, 5.41) is 11.5. The number of amides is 2. The number of ether oxygens (including phenoxy) is 1. The average Bonchev–Trinajstić information content (AvgIpc) is 2.64. The summed E-state index contributed by atoms with van der Waals surface area (Å²) < 4.78 is 5.61. The number of carbonyl (C=O) groups excluding carboxylic acids is 2. The molecule has 0 spiro atoms. The molecule has 0 aromatic heterocycles. The molecule has 0 radical (unpaired) electrons. The molecule has 2 rings (SSSR count). The molecule has 1 fully saturated rings. The Hall–Kier alpha value is -2.57. The van der Waals surface area contributed by atoms with E-state index < -0.39 is 5.97 Å². The van der Waals surface area contributed by atoms with Gasteiger partial charge in [-0.3, -0.25) is 14.4 Å². The first-order valence-corrected chi connectivity index (χ1v) is 9.82. The topological polar surface area (TPSA) is 95.9 Å². The van der Waals surface area contributed by atoms with E-state index in [1.807, 2.05) is 4.90 Å². The van der Waals surface area contributed by atoms with Crippen LogP contribution in [0.1, 0.15) is 56.8 Å². The van der Waals surface area contributed by atoms with Crippen molar-refractivity contribution in [1.29, 1.82) is 0 Å². The highest BCUT2D eigenvalue weighted by molar-refractivity contribution is 5.94. The number of nitrogens with one attached hydrogen (secondary N) is 1. The van der Waals surface area contributed by atoms with Gasteiger partial charge in [0, 0.05) is 30.6 Å². The van der Waals surface area contributed by atoms with E-state index in [0.717, 1.165) is 19.3 Å². The van der Waals surface area contributed by atoms with Crippen LogP contribution in [-0.2, 0) is 9.59 Å². The minimum absolute atomic E-state index is 0.00926. The SMILES string of the molecule is CC(CNC(=O)c1ccc(OCC(=O)N2C(C)CCCC2C)cc1)CC(=O)O. The molecule has 1 aromatic rings. The van der Waals surface area contributed by atoms with Gasteiger partial charge in [0.2, 0.25) is 0 Å². The second kappa shape index (κ2) is 10.1. The van der Waals surface area contributed by atoms with Gasteiger partial charge in [-0.1, -0.05) is 6.92 Å². The summed E-state index contributed by atoms with van der Waals surface area (Å²) in [5.41, 5.74) is 0.458. The van der Waals surface area contributed by atoms with Gasteiger partial charge in [0.25, 0.3) is 11.8 Å². The summed E-state index contributed by atoms with van der Waals surface area (Å²) in [6, 6.07) is 7.04. The van der Waals surface area contributed by atoms with Gasteiger partial charge in [-0.2, -0.15) is 0 Å². The second-order valence-corrected chi connectivity index (χ2v) is 7.66. The van der Waals surface area contributed by atoms with E-state index in [1.54, 1.807) is 31.2 Å². The van der Waals surface area contributed by atoms with Crippen molar-refractivity contribution < 1.29 is 24.2 Å². The molecule has 1 saturated heterocycles. The Kier molecular flexibility index (Phi) is 7.84. The number of rotatable bonds is 8. The van der Waals surface area contributed by atoms with Gasteiger partial charge in [0.05, 0.1) is 0 Å². The number of hydrogen-bond donors (Lipinski definition) is 2. The molecule has 7 heteroatoms. The van der Waals surface area contributed by atoms with E-state index in [-0.39, 0.29) is 42.8 Å². The lowest BCUT2D eigenvalue weighted by molar-refractivity contribution is -0.139. The molecule has 1 heterocycles. The van der Waals surface area contributed by atoms with Crippen LogP contribution in [0.15, 0.2) is 24.3 Å². The van der Waals surface area contributed by atoms with Crippen LogP contribution in [-0.4, -0.2) is 53.0 Å². The maximum Gasteiger partial charge on any atom is 0.303 e. The molecule has 0 bridgehead atoms. The molecular formula is C21H30N2O5. The highest BCUT2D eigenvalue weighted by atomic mass is 16.5. The molecule has 0 aliphatic carbocycles. The molecule has 28 heavy (non-hydrogen) atoms. The van der Waals surface area contributed by atoms with E-state index in [4.69, 9.17) is 9.84 Å². The highest BCUT2D eigenvalue weighted by Crippen LogP contribution is 2.23. The van der Waals surface area contributed by atoms with Crippen LogP contribution < -0.4 is 10.1 Å². The Morgan fingerprint density at radius 3 is 2.36 bits per heavy atom. The Bertz CT molecular complexity index is 679. The Balaban J connectivity index is 1.82. The fourth-order valence-corrected chi connectivity index (χ4v) is 3.57. The summed E-state index contributed by atoms with van der Waals surface area (Å²) in [6.45, 7) is 6.18. The van der Waals surface area contributed by atoms with Gasteiger partial charge in [0.15, 0.2) is 6.61 Å². The zero-order valence-corrected chi connectivity index (χ0v) is 16.8. The summed E-state index contributed by atoms with van der Waals surface area (Å²) >= 11 is 0. The average molecular weight is 390 g/mol. The second-order valence-electron chi connectivity index (χ2n) is 7.66. The van der Waals surface area contributed by atoms with Crippen molar-refractivity contribution in [2.24, 2.45) is 5.92 Å². The molecule has 1 aliphatic rings. The number of hydrogen-bond acceptors (Lipinski definition) is 4. The maximum atomic E-state index is 12.5. The maximum absolute atomic E-state index is 12.5. The number of nitrogens with zero attached hydrogens (tertiary/aromatic N) is 1. The number of carboxylic acids is 1. The summed E-state index contributed by atoms with van der Waals surface area (Å²) in [5.74, 6) is -0.785. The summed E-state index contributed by atoms with van der Waals surface area (Å²) in [4.78, 5) is 37.2. The first kappa shape index (κ1) is 21.7. The van der Waals surface area contributed by atoms with Crippen LogP contribution in [0.2, 0.25) is 0 Å². The van der Waals surface area contributed by atoms with E-state index in [2.05, 4.69) is 19.2 Å². The van der Waals surface area contributed by atoms with E-state index in [1.165, 1.54) is 0 Å². The molecule has 0 saturated carbocycles. The number of piperidine rings is 1. The molecule has 3 atom stereocenters. The minimum atomic E-state index is -0.883. The van der Waals surface area contributed by atoms with E-state index in [0.29, 0.717) is 17.9 Å². The van der Waals surface area contributed by atoms with Crippen molar-refractivity contribution in [3.05, 3.63) is 29.8 Å². The molecule has 1 aromatic carbocycles. The Labute approximate surface area is 166 Å². The lowest BCUT2D eigenvalue weighted by atomic mass is 9.97. The standard InChI is InChI=1S/C21H30N2O5/c1-14(11-20(25)26)12-22-21(27)17-7-9-18(10-8-17)28-13-19(24)23-15(2)5-4-6-16(23)3/h7-10,14-16H,4-6,11-13H2,1-3H3,(H,22,27)(H,25,26). The van der Waals surface area contributed by atoms with Crippen molar-refractivity contribution in [2.45, 2.75) is 58.5 Å². The highest BCUT2D eigenvalue weighted by Gasteiger charge is 2.28. The third kappa shape index (κ3) is 6.25. The van der Waals surface area contributed by atoms with Crippen LogP contribution >= 0.6 is 0 Å². The van der Waals surface area contributed by atoms with Crippen molar-refractivity contribution in [1.82, 2.24) is 10.2 Å². The van der Waals surface area contributed by atoms with Gasteiger partial charge < -0.3 is 20.1 Å². The zero-order chi connectivity index (χ0) is 20.7. The number of aliphatic carboxylic acids is 1. The van der Waals surface area contributed by atoms with E-state index >= 15 is 0 Å². The summed E-state index contributed by atoms with van der Waals surface area (Å²) in [7, 11) is 0. The lowest BCUT2D eigenvalue weighted by Gasteiger charge is -2.38. The first-order valence-electron chi connectivity index (χ1n) is 9.82. The summed E-state index contributed by atoms with van der Waals surface area (Å²) in [6.07, 6.45) is 3.19. The third-order valence-electron chi connectivity index (χ3n) is 5.09. The number of carboxylic acid groups (broad SMARTS) is 1. The fraction of sp³-hybridized carbons (Fsp3) is 0.571. The van der Waals surface area contributed by atoms with Gasteiger partial charge in [-0.25, -0.2) is 0 Å². The van der Waals surface area contributed by atoms with Crippen molar-refractivity contribution in [2.75, 3.05) is 13.2 Å². The Morgan fingerprint density at radius 1 is 1.18 bits per heavy atom. The van der Waals surface area contributed by atoms with Gasteiger partial charge in [-0.15, -0.1) is 0 Å².